The fourth-order valence-corrected chi connectivity index (χ4v) is 3.99. The van der Waals surface area contributed by atoms with Gasteiger partial charge in [-0.05, 0) is 68.6 Å². The van der Waals surface area contributed by atoms with E-state index in [2.05, 4.69) is 42.4 Å². The standard InChI is InChI=1S/C19H20Br2N2O5/c1-11-5-13(20)18(14(21)6-11)28-10-17(24)23-22-9-12-7-15(25-2)19(27-4)16(8-12)26-3/h5-9H,10H2,1-4H3,(H,23,24)/b22-9-. The molecule has 2 aromatic carbocycles. The van der Waals surface area contributed by atoms with Crippen LogP contribution >= 0.6 is 31.9 Å². The van der Waals surface area contributed by atoms with Gasteiger partial charge in [0.05, 0.1) is 36.5 Å². The largest absolute Gasteiger partial charge is 0.493 e. The van der Waals surface area contributed by atoms with Crippen LogP contribution in [0.4, 0.5) is 0 Å². The predicted molar refractivity (Wildman–Crippen MR) is 114 cm³/mol. The number of methoxy groups -OCH3 is 3. The average molecular weight is 516 g/mol. The first-order valence-corrected chi connectivity index (χ1v) is 9.68. The maximum absolute atomic E-state index is 12.0. The molecule has 7 nitrogen and oxygen atoms in total. The molecule has 150 valence electrons. The van der Waals surface area contributed by atoms with Gasteiger partial charge >= 0.3 is 0 Å². The minimum Gasteiger partial charge on any atom is -0.493 e. The number of carbonyl (C=O) groups excluding carboxylic acids is 1. The highest BCUT2D eigenvalue weighted by Gasteiger charge is 2.13. The summed E-state index contributed by atoms with van der Waals surface area (Å²) in [5.41, 5.74) is 4.14. The van der Waals surface area contributed by atoms with E-state index >= 15 is 0 Å². The molecule has 28 heavy (non-hydrogen) atoms. The molecule has 0 heterocycles. The Hall–Kier alpha value is -2.26. The molecule has 1 N–H and O–H groups in total. The maximum Gasteiger partial charge on any atom is 0.277 e. The van der Waals surface area contributed by atoms with E-state index in [1.54, 1.807) is 12.1 Å². The molecular weight excluding hydrogens is 496 g/mol. The third-order valence-corrected chi connectivity index (χ3v) is 4.76. The van der Waals surface area contributed by atoms with E-state index in [4.69, 9.17) is 18.9 Å². The van der Waals surface area contributed by atoms with Gasteiger partial charge in [-0.1, -0.05) is 0 Å². The molecule has 0 unspecified atom stereocenters. The van der Waals surface area contributed by atoms with Gasteiger partial charge in [0.2, 0.25) is 5.75 Å². The molecule has 0 atom stereocenters. The maximum atomic E-state index is 12.0. The molecule has 2 aromatic rings. The lowest BCUT2D eigenvalue weighted by Crippen LogP contribution is -2.24. The van der Waals surface area contributed by atoms with Crippen LogP contribution in [0.25, 0.3) is 0 Å². The zero-order valence-corrected chi connectivity index (χ0v) is 19.0. The van der Waals surface area contributed by atoms with E-state index in [1.807, 2.05) is 19.1 Å². The van der Waals surface area contributed by atoms with E-state index in [0.29, 0.717) is 28.6 Å². The van der Waals surface area contributed by atoms with Gasteiger partial charge in [-0.3, -0.25) is 4.79 Å². The van der Waals surface area contributed by atoms with Crippen LogP contribution in [0.1, 0.15) is 11.1 Å². The van der Waals surface area contributed by atoms with Gasteiger partial charge in [0.25, 0.3) is 5.91 Å². The van der Waals surface area contributed by atoms with Crippen LogP contribution in [0.5, 0.6) is 23.0 Å². The van der Waals surface area contributed by atoms with Crippen LogP contribution in [0.2, 0.25) is 0 Å². The highest BCUT2D eigenvalue weighted by molar-refractivity contribution is 9.11. The van der Waals surface area contributed by atoms with Crippen LogP contribution in [-0.4, -0.2) is 40.1 Å². The normalized spacial score (nSPS) is 10.6. The second kappa shape index (κ2) is 10.3. The molecule has 9 heteroatoms. The average Bonchev–Trinajstić information content (AvgIpc) is 2.66. The van der Waals surface area contributed by atoms with Crippen molar-refractivity contribution >= 4 is 44.0 Å². The molecule has 1 amide bonds. The quantitative estimate of drug-likeness (QED) is 0.423. The first-order valence-electron chi connectivity index (χ1n) is 8.10. The second-order valence-corrected chi connectivity index (χ2v) is 7.31. The lowest BCUT2D eigenvalue weighted by Gasteiger charge is -2.12. The molecule has 0 aliphatic carbocycles. The molecule has 0 spiro atoms. The van der Waals surface area contributed by atoms with Gasteiger partial charge in [0.1, 0.15) is 5.75 Å². The molecular formula is C19H20Br2N2O5. The Labute approximate surface area is 180 Å². The third kappa shape index (κ3) is 5.62. The zero-order chi connectivity index (χ0) is 20.7. The summed E-state index contributed by atoms with van der Waals surface area (Å²) in [5, 5.41) is 3.94. The van der Waals surface area contributed by atoms with E-state index in [1.165, 1.54) is 27.5 Å². The Kier molecular flexibility index (Phi) is 8.13. The van der Waals surface area contributed by atoms with Crippen LogP contribution in [0.15, 0.2) is 38.3 Å². The van der Waals surface area contributed by atoms with E-state index in [9.17, 15) is 4.79 Å². The highest BCUT2D eigenvalue weighted by atomic mass is 79.9. The van der Waals surface area contributed by atoms with Crippen LogP contribution in [-0.2, 0) is 4.79 Å². The molecule has 2 rings (SSSR count). The summed E-state index contributed by atoms with van der Waals surface area (Å²) >= 11 is 6.84. The lowest BCUT2D eigenvalue weighted by atomic mass is 10.2. The fourth-order valence-electron chi connectivity index (χ4n) is 2.35. The summed E-state index contributed by atoms with van der Waals surface area (Å²) in [6.07, 6.45) is 1.47. The SMILES string of the molecule is COc1cc(/C=N\NC(=O)COc2c(Br)cc(C)cc2Br)cc(OC)c1OC. The number of rotatable bonds is 8. The summed E-state index contributed by atoms with van der Waals surface area (Å²) in [4.78, 5) is 12.0. The van der Waals surface area contributed by atoms with Crippen molar-refractivity contribution in [1.82, 2.24) is 5.43 Å². The molecule has 0 radical (unpaired) electrons. The first-order chi connectivity index (χ1) is 13.4. The van der Waals surface area contributed by atoms with Gasteiger partial charge in [0.15, 0.2) is 18.1 Å². The van der Waals surface area contributed by atoms with Crippen molar-refractivity contribution in [2.45, 2.75) is 6.92 Å². The van der Waals surface area contributed by atoms with Crippen molar-refractivity contribution in [1.29, 1.82) is 0 Å². The van der Waals surface area contributed by atoms with Crippen molar-refractivity contribution < 1.29 is 23.7 Å². The first kappa shape index (κ1) is 22.0. The monoisotopic (exact) mass is 514 g/mol. The Balaban J connectivity index is 2.00. The number of hydrogen-bond acceptors (Lipinski definition) is 6. The van der Waals surface area contributed by atoms with E-state index in [0.717, 1.165) is 14.5 Å². The highest BCUT2D eigenvalue weighted by Crippen LogP contribution is 2.37. The molecule has 0 fully saturated rings. The Morgan fingerprint density at radius 1 is 1.00 bits per heavy atom. The number of ether oxygens (including phenoxy) is 4. The van der Waals surface area contributed by atoms with E-state index < -0.39 is 5.91 Å². The number of hydrazone groups is 1. The van der Waals surface area contributed by atoms with Crippen molar-refractivity contribution in [3.05, 3.63) is 44.3 Å². The number of benzene rings is 2. The topological polar surface area (TPSA) is 78.4 Å². The fraction of sp³-hybridized carbons (Fsp3) is 0.263. The van der Waals surface area contributed by atoms with Crippen molar-refractivity contribution in [3.8, 4) is 23.0 Å². The van der Waals surface area contributed by atoms with Crippen LogP contribution in [0.3, 0.4) is 0 Å². The molecule has 0 aliphatic rings. The Bertz CT molecular complexity index is 839. The van der Waals surface area contributed by atoms with Gasteiger partial charge in [-0.25, -0.2) is 5.43 Å². The number of halogens is 2. The number of hydrogen-bond donors (Lipinski definition) is 1. The number of nitrogens with one attached hydrogen (secondary N) is 1. The molecule has 0 saturated heterocycles. The summed E-state index contributed by atoms with van der Waals surface area (Å²) in [6, 6.07) is 7.24. The zero-order valence-electron chi connectivity index (χ0n) is 15.8. The van der Waals surface area contributed by atoms with Crippen LogP contribution in [0, 0.1) is 6.92 Å². The second-order valence-electron chi connectivity index (χ2n) is 5.60. The Morgan fingerprint density at radius 2 is 1.57 bits per heavy atom. The lowest BCUT2D eigenvalue weighted by molar-refractivity contribution is -0.123. The summed E-state index contributed by atoms with van der Waals surface area (Å²) in [5.74, 6) is 1.62. The van der Waals surface area contributed by atoms with Gasteiger partial charge < -0.3 is 18.9 Å². The summed E-state index contributed by atoms with van der Waals surface area (Å²) < 4.78 is 22.9. The number of nitrogens with zero attached hydrogens (tertiary/aromatic N) is 1. The van der Waals surface area contributed by atoms with E-state index in [-0.39, 0.29) is 6.61 Å². The number of amides is 1. The minimum atomic E-state index is -0.400. The van der Waals surface area contributed by atoms with Crippen molar-refractivity contribution in [3.63, 3.8) is 0 Å². The van der Waals surface area contributed by atoms with Crippen molar-refractivity contribution in [2.24, 2.45) is 5.10 Å². The van der Waals surface area contributed by atoms with Gasteiger partial charge in [-0.15, -0.1) is 0 Å². The number of aryl methyl sites for hydroxylation is 1. The predicted octanol–water partition coefficient (Wildman–Crippen LogP) is 4.07. The third-order valence-electron chi connectivity index (χ3n) is 3.58. The smallest absolute Gasteiger partial charge is 0.277 e. The Morgan fingerprint density at radius 3 is 2.07 bits per heavy atom. The molecule has 0 aromatic heterocycles. The molecule has 0 aliphatic heterocycles. The number of carbonyl (C=O) groups is 1. The molecule has 0 bridgehead atoms. The summed E-state index contributed by atoms with van der Waals surface area (Å²) in [7, 11) is 4.58. The van der Waals surface area contributed by atoms with Gasteiger partial charge in [0, 0.05) is 5.56 Å². The van der Waals surface area contributed by atoms with Crippen molar-refractivity contribution in [2.75, 3.05) is 27.9 Å². The van der Waals surface area contributed by atoms with Gasteiger partial charge in [-0.2, -0.15) is 5.10 Å². The van der Waals surface area contributed by atoms with Crippen LogP contribution < -0.4 is 24.4 Å². The minimum absolute atomic E-state index is 0.188. The summed E-state index contributed by atoms with van der Waals surface area (Å²) in [6.45, 7) is 1.77. The molecule has 0 saturated carbocycles.